The zero-order valence-corrected chi connectivity index (χ0v) is 22.6. The fourth-order valence-electron chi connectivity index (χ4n) is 4.38. The summed E-state index contributed by atoms with van der Waals surface area (Å²) in [6.45, 7) is 4.57. The van der Waals surface area contributed by atoms with Crippen molar-refractivity contribution in [1.29, 1.82) is 0 Å². The molecule has 0 bridgehead atoms. The van der Waals surface area contributed by atoms with Gasteiger partial charge in [-0.1, -0.05) is 18.1 Å². The minimum Gasteiger partial charge on any atom is -0.431 e. The highest BCUT2D eigenvalue weighted by atomic mass is 32.1. The van der Waals surface area contributed by atoms with Crippen LogP contribution in [0.1, 0.15) is 29.8 Å². The third-order valence-corrected chi connectivity index (χ3v) is 7.55. The van der Waals surface area contributed by atoms with Crippen LogP contribution in [0.2, 0.25) is 0 Å². The van der Waals surface area contributed by atoms with Crippen LogP contribution < -0.4 is 0 Å². The molecule has 1 aliphatic carbocycles. The molecule has 42 heavy (non-hydrogen) atoms. The van der Waals surface area contributed by atoms with E-state index in [4.69, 9.17) is 9.47 Å². The first kappa shape index (κ1) is 29.8. The van der Waals surface area contributed by atoms with Gasteiger partial charge in [0.25, 0.3) is 0 Å². The first-order valence-electron chi connectivity index (χ1n) is 12.8. The Morgan fingerprint density at radius 2 is 1.81 bits per heavy atom. The van der Waals surface area contributed by atoms with E-state index in [1.54, 1.807) is 0 Å². The van der Waals surface area contributed by atoms with E-state index in [1.165, 1.54) is 18.2 Å². The third-order valence-electron chi connectivity index (χ3n) is 6.48. The maximum Gasteiger partial charge on any atom is 0.453 e. The highest BCUT2D eigenvalue weighted by Crippen LogP contribution is 2.41. The Hall–Kier alpha value is -3.66. The number of allylic oxidation sites excluding steroid dienone is 5. The number of ether oxygens (including phenoxy) is 3. The molecule has 2 aromatic carbocycles. The summed E-state index contributed by atoms with van der Waals surface area (Å²) in [6.07, 6.45) is -4.44. The monoisotopic (exact) mass is 609 g/mol. The van der Waals surface area contributed by atoms with Gasteiger partial charge in [-0.3, -0.25) is 0 Å². The van der Waals surface area contributed by atoms with Gasteiger partial charge in [0.1, 0.15) is 17.4 Å². The second kappa shape index (κ2) is 12.3. The fourth-order valence-corrected chi connectivity index (χ4v) is 5.30. The van der Waals surface area contributed by atoms with E-state index in [-0.39, 0.29) is 27.3 Å². The maximum absolute atomic E-state index is 15.0. The average molecular weight is 610 g/mol. The molecule has 2 aliphatic rings. The summed E-state index contributed by atoms with van der Waals surface area (Å²) in [4.78, 5) is 3.79. The molecule has 2 heterocycles. The van der Waals surface area contributed by atoms with Gasteiger partial charge >= 0.3 is 6.11 Å². The lowest BCUT2D eigenvalue weighted by Gasteiger charge is -2.26. The molecule has 1 atom stereocenters. The lowest BCUT2D eigenvalue weighted by atomic mass is 10.0. The van der Waals surface area contributed by atoms with Gasteiger partial charge < -0.3 is 14.2 Å². The smallest absolute Gasteiger partial charge is 0.431 e. The van der Waals surface area contributed by atoms with Crippen molar-refractivity contribution >= 4 is 21.6 Å². The quantitative estimate of drug-likeness (QED) is 0.153. The van der Waals surface area contributed by atoms with Crippen molar-refractivity contribution in [1.82, 2.24) is 4.98 Å². The van der Waals surface area contributed by atoms with E-state index in [0.717, 1.165) is 25.0 Å². The first-order chi connectivity index (χ1) is 20.0. The molecule has 1 aromatic heterocycles. The van der Waals surface area contributed by atoms with Crippen LogP contribution in [0.4, 0.5) is 30.7 Å². The number of hydrogen-bond acceptors (Lipinski definition) is 5. The zero-order chi connectivity index (χ0) is 30.0. The van der Waals surface area contributed by atoms with Crippen molar-refractivity contribution in [3.8, 4) is 23.0 Å². The Morgan fingerprint density at radius 3 is 2.48 bits per heavy atom. The summed E-state index contributed by atoms with van der Waals surface area (Å²) in [5.41, 5.74) is -0.228. The largest absolute Gasteiger partial charge is 0.453 e. The van der Waals surface area contributed by atoms with Crippen LogP contribution in [0.3, 0.4) is 0 Å². The number of alkyl halides is 3. The molecule has 220 valence electrons. The van der Waals surface area contributed by atoms with E-state index >= 15 is 8.78 Å². The Bertz CT molecular complexity index is 1610. The normalized spacial score (nSPS) is 21.1. The average Bonchev–Trinajstić information content (AvgIpc) is 3.38. The third kappa shape index (κ3) is 6.53. The standard InChI is InChI=1S/C30H22F7NO3S/c1-2-3-4-17-14-39-26(40-15-17)8-5-16-9-20(31)27(21(32)10-16)18-6-7-24-25(11-18)42-29(38-24)30(36,37)41-19-12-22(33)28(35)23(34)13-19/h2,6-7,9-12,17,23,26H,1,3-4,13-15H2. The lowest BCUT2D eigenvalue weighted by molar-refractivity contribution is -0.226. The van der Waals surface area contributed by atoms with Crippen LogP contribution in [0.25, 0.3) is 21.3 Å². The van der Waals surface area contributed by atoms with E-state index in [0.29, 0.717) is 30.6 Å². The zero-order valence-electron chi connectivity index (χ0n) is 21.7. The van der Waals surface area contributed by atoms with Gasteiger partial charge in [0.15, 0.2) is 17.8 Å². The Morgan fingerprint density at radius 1 is 1.10 bits per heavy atom. The Balaban J connectivity index is 1.33. The van der Waals surface area contributed by atoms with Crippen LogP contribution in [-0.2, 0) is 20.3 Å². The first-order valence-corrected chi connectivity index (χ1v) is 13.6. The maximum atomic E-state index is 15.0. The summed E-state index contributed by atoms with van der Waals surface area (Å²) in [5.74, 6) is -0.433. The molecule has 1 unspecified atom stereocenters. The summed E-state index contributed by atoms with van der Waals surface area (Å²) in [7, 11) is 0. The van der Waals surface area contributed by atoms with Gasteiger partial charge in [-0.15, -0.1) is 17.9 Å². The number of benzene rings is 2. The van der Waals surface area contributed by atoms with Crippen molar-refractivity contribution in [2.24, 2.45) is 5.92 Å². The Kier molecular flexibility index (Phi) is 8.73. The molecule has 1 aliphatic heterocycles. The molecule has 0 amide bonds. The molecule has 1 saturated heterocycles. The number of thiazole rings is 1. The molecule has 3 aromatic rings. The summed E-state index contributed by atoms with van der Waals surface area (Å²) in [6, 6.07) is 5.96. The van der Waals surface area contributed by atoms with Crippen molar-refractivity contribution < 1.29 is 44.9 Å². The van der Waals surface area contributed by atoms with Crippen LogP contribution in [0.15, 0.2) is 66.5 Å². The molecule has 0 saturated carbocycles. The predicted octanol–water partition coefficient (Wildman–Crippen LogP) is 8.39. The highest BCUT2D eigenvalue weighted by Gasteiger charge is 2.41. The summed E-state index contributed by atoms with van der Waals surface area (Å²) >= 11 is 0.460. The lowest BCUT2D eigenvalue weighted by Crippen LogP contribution is -2.31. The van der Waals surface area contributed by atoms with Gasteiger partial charge in [-0.2, -0.15) is 8.78 Å². The molecular weight excluding hydrogens is 587 g/mol. The summed E-state index contributed by atoms with van der Waals surface area (Å²) < 4.78 is 116. The molecule has 0 radical (unpaired) electrons. The highest BCUT2D eigenvalue weighted by molar-refractivity contribution is 7.18. The number of nitrogens with zero attached hydrogens (tertiary/aromatic N) is 1. The van der Waals surface area contributed by atoms with Crippen molar-refractivity contribution in [3.63, 3.8) is 0 Å². The van der Waals surface area contributed by atoms with Crippen molar-refractivity contribution in [2.45, 2.75) is 37.8 Å². The van der Waals surface area contributed by atoms with Gasteiger partial charge in [0, 0.05) is 24.0 Å². The minimum atomic E-state index is -4.11. The number of aromatic nitrogens is 1. The topological polar surface area (TPSA) is 40.6 Å². The van der Waals surface area contributed by atoms with Crippen LogP contribution in [0, 0.1) is 29.4 Å². The van der Waals surface area contributed by atoms with Crippen LogP contribution in [0.5, 0.6) is 0 Å². The van der Waals surface area contributed by atoms with E-state index in [1.807, 2.05) is 6.08 Å². The van der Waals surface area contributed by atoms with Crippen molar-refractivity contribution in [2.75, 3.05) is 13.2 Å². The van der Waals surface area contributed by atoms with Crippen molar-refractivity contribution in [3.05, 3.63) is 88.7 Å². The van der Waals surface area contributed by atoms with Gasteiger partial charge in [-0.05, 0) is 48.6 Å². The number of hydrogen-bond donors (Lipinski definition) is 0. The second-order valence-corrected chi connectivity index (χ2v) is 10.6. The van der Waals surface area contributed by atoms with Gasteiger partial charge in [0.05, 0.1) is 29.0 Å². The number of fused-ring (bicyclic) bond motifs is 1. The second-order valence-electron chi connectivity index (χ2n) is 9.61. The Labute approximate surface area is 240 Å². The molecule has 12 heteroatoms. The molecule has 0 N–H and O–H groups in total. The molecule has 1 fully saturated rings. The predicted molar refractivity (Wildman–Crippen MR) is 142 cm³/mol. The molecule has 4 nitrogen and oxygen atoms in total. The van der Waals surface area contributed by atoms with Gasteiger partial charge in [-0.25, -0.2) is 26.9 Å². The fraction of sp³-hybridized carbons (Fsp3) is 0.300. The van der Waals surface area contributed by atoms with E-state index in [2.05, 4.69) is 28.1 Å². The van der Waals surface area contributed by atoms with Crippen LogP contribution >= 0.6 is 11.3 Å². The SMILES string of the molecule is C=CCCC1COC(C#Cc2cc(F)c(-c3ccc4nc(C(F)(F)OC5=CC(F)=C(F)C(F)C5)sc4c3)c(F)c2)OC1. The molecule has 0 spiro atoms. The molecular formula is C30H22F7NO3S. The van der Waals surface area contributed by atoms with E-state index in [9.17, 15) is 22.0 Å². The van der Waals surface area contributed by atoms with E-state index < -0.39 is 64.6 Å². The summed E-state index contributed by atoms with van der Waals surface area (Å²) in [5, 5.41) is -0.868. The van der Waals surface area contributed by atoms with Crippen LogP contribution in [-0.4, -0.2) is 30.7 Å². The minimum absolute atomic E-state index is 0.0476. The number of rotatable bonds is 7. The number of halogens is 7. The molecule has 5 rings (SSSR count). The van der Waals surface area contributed by atoms with Gasteiger partial charge in [0.2, 0.25) is 11.3 Å².